The molecule has 0 aliphatic heterocycles. The van der Waals surface area contributed by atoms with Crippen LogP contribution in [0.2, 0.25) is 0 Å². The van der Waals surface area contributed by atoms with Crippen LogP contribution in [0.4, 0.5) is 0 Å². The number of rotatable bonds is 7. The van der Waals surface area contributed by atoms with Crippen molar-refractivity contribution in [3.8, 4) is 5.75 Å². The molecule has 0 N–H and O–H groups in total. The van der Waals surface area contributed by atoms with Gasteiger partial charge in [0.05, 0.1) is 18.9 Å². The van der Waals surface area contributed by atoms with E-state index in [1.807, 2.05) is 0 Å². The van der Waals surface area contributed by atoms with Gasteiger partial charge in [0.1, 0.15) is 11.3 Å². The van der Waals surface area contributed by atoms with E-state index >= 15 is 0 Å². The molecule has 0 bridgehead atoms. The third kappa shape index (κ3) is 4.51. The molecule has 0 unspecified atom stereocenters. The van der Waals surface area contributed by atoms with Gasteiger partial charge in [-0.2, -0.15) is 4.98 Å². The van der Waals surface area contributed by atoms with Crippen molar-refractivity contribution in [3.63, 3.8) is 0 Å². The van der Waals surface area contributed by atoms with Gasteiger partial charge in [0.2, 0.25) is 11.7 Å². The number of ether oxygens (including phenoxy) is 3. The standard InChI is InChI=1S/C18H16N2O7/c1-11-19-16(20-27-11)10-25-13-5-3-12(4-6-13)17(21)26-9-15-14(7-8-24-15)18(22)23-2/h3-8H,9-10H2,1-2H3. The Morgan fingerprint density at radius 1 is 1.07 bits per heavy atom. The SMILES string of the molecule is COC(=O)c1ccoc1COC(=O)c1ccc(OCc2noc(C)n2)cc1. The Balaban J connectivity index is 1.54. The van der Waals surface area contributed by atoms with Crippen molar-refractivity contribution in [3.05, 3.63) is 65.2 Å². The molecule has 140 valence electrons. The molecule has 0 saturated carbocycles. The second-order valence-corrected chi connectivity index (χ2v) is 5.37. The summed E-state index contributed by atoms with van der Waals surface area (Å²) in [4.78, 5) is 27.7. The predicted molar refractivity (Wildman–Crippen MR) is 89.0 cm³/mol. The lowest BCUT2D eigenvalue weighted by Gasteiger charge is -2.06. The van der Waals surface area contributed by atoms with Crippen molar-refractivity contribution < 1.29 is 32.7 Å². The monoisotopic (exact) mass is 372 g/mol. The molecule has 0 aliphatic carbocycles. The van der Waals surface area contributed by atoms with Gasteiger partial charge >= 0.3 is 11.9 Å². The van der Waals surface area contributed by atoms with Gasteiger partial charge in [-0.3, -0.25) is 0 Å². The zero-order valence-electron chi connectivity index (χ0n) is 14.6. The molecule has 0 radical (unpaired) electrons. The summed E-state index contributed by atoms with van der Waals surface area (Å²) in [6.45, 7) is 1.65. The zero-order chi connectivity index (χ0) is 19.2. The summed E-state index contributed by atoms with van der Waals surface area (Å²) in [7, 11) is 1.26. The summed E-state index contributed by atoms with van der Waals surface area (Å²) in [5, 5.41) is 3.72. The number of nitrogens with zero attached hydrogens (tertiary/aromatic N) is 2. The van der Waals surface area contributed by atoms with Gasteiger partial charge in [-0.1, -0.05) is 5.16 Å². The van der Waals surface area contributed by atoms with E-state index < -0.39 is 11.9 Å². The van der Waals surface area contributed by atoms with Crippen LogP contribution in [0, 0.1) is 6.92 Å². The van der Waals surface area contributed by atoms with E-state index in [4.69, 9.17) is 18.4 Å². The van der Waals surface area contributed by atoms with E-state index in [2.05, 4.69) is 14.9 Å². The van der Waals surface area contributed by atoms with Crippen molar-refractivity contribution in [1.29, 1.82) is 0 Å². The van der Waals surface area contributed by atoms with Crippen LogP contribution in [0.25, 0.3) is 0 Å². The first kappa shape index (κ1) is 18.2. The second kappa shape index (κ2) is 8.17. The van der Waals surface area contributed by atoms with Gasteiger partial charge in [0.25, 0.3) is 0 Å². The van der Waals surface area contributed by atoms with E-state index in [9.17, 15) is 9.59 Å². The Morgan fingerprint density at radius 2 is 1.85 bits per heavy atom. The van der Waals surface area contributed by atoms with Gasteiger partial charge in [-0.25, -0.2) is 9.59 Å². The van der Waals surface area contributed by atoms with Crippen molar-refractivity contribution in [2.45, 2.75) is 20.1 Å². The number of carbonyl (C=O) groups excluding carboxylic acids is 2. The van der Waals surface area contributed by atoms with Gasteiger partial charge in [-0.15, -0.1) is 0 Å². The molecule has 2 aromatic heterocycles. The number of benzene rings is 1. The number of aromatic nitrogens is 2. The number of esters is 2. The molecule has 0 fully saturated rings. The van der Waals surface area contributed by atoms with Crippen LogP contribution in [0.1, 0.15) is 38.2 Å². The molecule has 0 amide bonds. The average Bonchev–Trinajstić information content (AvgIpc) is 3.33. The summed E-state index contributed by atoms with van der Waals surface area (Å²) < 4.78 is 25.3. The molecule has 0 saturated heterocycles. The van der Waals surface area contributed by atoms with Crippen molar-refractivity contribution in [2.24, 2.45) is 0 Å². The van der Waals surface area contributed by atoms with Crippen LogP contribution in [-0.4, -0.2) is 29.2 Å². The number of carbonyl (C=O) groups is 2. The molecule has 0 atom stereocenters. The van der Waals surface area contributed by atoms with Gasteiger partial charge in [0.15, 0.2) is 19.0 Å². The number of aryl methyl sites for hydroxylation is 1. The summed E-state index contributed by atoms with van der Waals surface area (Å²) in [6, 6.07) is 7.81. The van der Waals surface area contributed by atoms with E-state index in [1.165, 1.54) is 19.4 Å². The predicted octanol–water partition coefficient (Wildman–Crippen LogP) is 2.69. The number of furan rings is 1. The normalized spacial score (nSPS) is 10.4. The van der Waals surface area contributed by atoms with Crippen molar-refractivity contribution >= 4 is 11.9 Å². The highest BCUT2D eigenvalue weighted by Crippen LogP contribution is 2.17. The molecule has 1 aromatic carbocycles. The van der Waals surface area contributed by atoms with E-state index in [-0.39, 0.29) is 24.5 Å². The molecule has 0 spiro atoms. The smallest absolute Gasteiger partial charge is 0.341 e. The highest BCUT2D eigenvalue weighted by Gasteiger charge is 2.17. The van der Waals surface area contributed by atoms with E-state index in [0.717, 1.165) is 0 Å². The lowest BCUT2D eigenvalue weighted by Crippen LogP contribution is -2.08. The lowest BCUT2D eigenvalue weighted by atomic mass is 10.2. The van der Waals surface area contributed by atoms with Crippen LogP contribution in [0.5, 0.6) is 5.75 Å². The highest BCUT2D eigenvalue weighted by molar-refractivity contribution is 5.91. The minimum Gasteiger partial charge on any atom is -0.485 e. The van der Waals surface area contributed by atoms with Crippen molar-refractivity contribution in [1.82, 2.24) is 10.1 Å². The first-order chi connectivity index (χ1) is 13.1. The molecule has 3 rings (SSSR count). The fourth-order valence-corrected chi connectivity index (χ4v) is 2.19. The third-order valence-corrected chi connectivity index (χ3v) is 3.51. The molecule has 9 heteroatoms. The van der Waals surface area contributed by atoms with Gasteiger partial charge < -0.3 is 23.2 Å². The Morgan fingerprint density at radius 3 is 2.52 bits per heavy atom. The molecule has 0 aliphatic rings. The average molecular weight is 372 g/mol. The molecule has 2 heterocycles. The summed E-state index contributed by atoms with van der Waals surface area (Å²) in [5.41, 5.74) is 0.537. The lowest BCUT2D eigenvalue weighted by molar-refractivity contribution is 0.0432. The van der Waals surface area contributed by atoms with Crippen molar-refractivity contribution in [2.75, 3.05) is 7.11 Å². The first-order valence-electron chi connectivity index (χ1n) is 7.90. The summed E-state index contributed by atoms with van der Waals surface area (Å²) in [6.07, 6.45) is 1.33. The van der Waals surface area contributed by atoms with Crippen LogP contribution in [-0.2, 0) is 22.7 Å². The minimum absolute atomic E-state index is 0.149. The quantitative estimate of drug-likeness (QED) is 0.577. The molecule has 27 heavy (non-hydrogen) atoms. The summed E-state index contributed by atoms with van der Waals surface area (Å²) in [5.74, 6) is 0.503. The Bertz CT molecular complexity index is 927. The Labute approximate surface area is 153 Å². The topological polar surface area (TPSA) is 114 Å². The van der Waals surface area contributed by atoms with Crippen LogP contribution in [0.15, 0.2) is 45.5 Å². The zero-order valence-corrected chi connectivity index (χ0v) is 14.6. The molecular formula is C18H16N2O7. The van der Waals surface area contributed by atoms with Crippen LogP contribution >= 0.6 is 0 Å². The van der Waals surface area contributed by atoms with Crippen LogP contribution < -0.4 is 4.74 Å². The molecule has 9 nitrogen and oxygen atoms in total. The fraction of sp³-hybridized carbons (Fsp3) is 0.222. The molecule has 3 aromatic rings. The van der Waals surface area contributed by atoms with Gasteiger partial charge in [0, 0.05) is 6.92 Å². The first-order valence-corrected chi connectivity index (χ1v) is 7.90. The Kier molecular flexibility index (Phi) is 5.50. The third-order valence-electron chi connectivity index (χ3n) is 3.51. The maximum Gasteiger partial charge on any atom is 0.341 e. The van der Waals surface area contributed by atoms with Crippen LogP contribution in [0.3, 0.4) is 0 Å². The number of hydrogen-bond donors (Lipinski definition) is 0. The number of hydrogen-bond acceptors (Lipinski definition) is 9. The largest absolute Gasteiger partial charge is 0.485 e. The second-order valence-electron chi connectivity index (χ2n) is 5.37. The Hall–Kier alpha value is -3.62. The fourth-order valence-electron chi connectivity index (χ4n) is 2.19. The van der Waals surface area contributed by atoms with E-state index in [1.54, 1.807) is 31.2 Å². The maximum atomic E-state index is 12.1. The maximum absolute atomic E-state index is 12.1. The minimum atomic E-state index is -0.567. The summed E-state index contributed by atoms with van der Waals surface area (Å²) >= 11 is 0. The van der Waals surface area contributed by atoms with Gasteiger partial charge in [-0.05, 0) is 30.3 Å². The molecular weight excluding hydrogens is 356 g/mol. The van der Waals surface area contributed by atoms with E-state index in [0.29, 0.717) is 23.0 Å². The highest BCUT2D eigenvalue weighted by atomic mass is 16.5. The number of methoxy groups -OCH3 is 1.